The number of amides is 1. The summed E-state index contributed by atoms with van der Waals surface area (Å²) >= 11 is 0. The van der Waals surface area contributed by atoms with E-state index < -0.39 is 10.0 Å². The zero-order chi connectivity index (χ0) is 19.1. The van der Waals surface area contributed by atoms with E-state index in [1.54, 1.807) is 23.2 Å². The highest BCUT2D eigenvalue weighted by Gasteiger charge is 2.34. The van der Waals surface area contributed by atoms with Crippen LogP contribution in [0.15, 0.2) is 4.90 Å². The van der Waals surface area contributed by atoms with Crippen molar-refractivity contribution in [2.45, 2.75) is 65.3 Å². The summed E-state index contributed by atoms with van der Waals surface area (Å²) in [6, 6.07) is 0.118. The number of rotatable bonds is 3. The molecule has 2 rings (SSSR count). The van der Waals surface area contributed by atoms with Crippen molar-refractivity contribution in [1.82, 2.24) is 9.21 Å². The third-order valence-corrected chi connectivity index (χ3v) is 8.17. The van der Waals surface area contributed by atoms with E-state index >= 15 is 0 Å². The maximum Gasteiger partial charge on any atom is 0.243 e. The quantitative estimate of drug-likeness (QED) is 0.826. The fourth-order valence-electron chi connectivity index (χ4n) is 3.71. The molecule has 1 aromatic carbocycles. The molecule has 1 aliphatic heterocycles. The summed E-state index contributed by atoms with van der Waals surface area (Å²) in [4.78, 5) is 13.7. The van der Waals surface area contributed by atoms with Gasteiger partial charge in [0.15, 0.2) is 0 Å². The summed E-state index contributed by atoms with van der Waals surface area (Å²) in [6.07, 6.45) is 1.36. The largest absolute Gasteiger partial charge is 0.343 e. The van der Waals surface area contributed by atoms with Crippen molar-refractivity contribution in [1.29, 1.82) is 0 Å². The lowest BCUT2D eigenvalue weighted by atomic mass is 9.95. The molecule has 0 aromatic heterocycles. The van der Waals surface area contributed by atoms with Crippen molar-refractivity contribution in [2.75, 3.05) is 20.1 Å². The van der Waals surface area contributed by atoms with Crippen molar-refractivity contribution in [2.24, 2.45) is 0 Å². The molecule has 5 nitrogen and oxygen atoms in total. The van der Waals surface area contributed by atoms with Gasteiger partial charge >= 0.3 is 0 Å². The predicted octanol–water partition coefficient (Wildman–Crippen LogP) is 2.86. The van der Waals surface area contributed by atoms with Gasteiger partial charge < -0.3 is 4.90 Å². The lowest BCUT2D eigenvalue weighted by Crippen LogP contribution is -2.47. The minimum absolute atomic E-state index is 0.0257. The minimum Gasteiger partial charge on any atom is -0.343 e. The molecule has 6 heteroatoms. The van der Waals surface area contributed by atoms with Crippen molar-refractivity contribution in [3.8, 4) is 0 Å². The van der Waals surface area contributed by atoms with Crippen LogP contribution in [0.5, 0.6) is 0 Å². The molecular formula is C19H30N2O3S. The summed E-state index contributed by atoms with van der Waals surface area (Å²) in [7, 11) is -1.73. The molecule has 1 saturated heterocycles. The standard InChI is InChI=1S/C19H30N2O3S/c1-12-13(2)15(4)19(16(5)14(12)3)25(23,24)21-10-8-18(9-11-21)20(7)17(6)22/h18H,8-11H2,1-7H3. The number of nitrogens with zero attached hydrogens (tertiary/aromatic N) is 2. The first kappa shape index (κ1) is 19.9. The summed E-state index contributed by atoms with van der Waals surface area (Å²) < 4.78 is 28.2. The molecule has 140 valence electrons. The van der Waals surface area contributed by atoms with Crippen LogP contribution in [0.2, 0.25) is 0 Å². The van der Waals surface area contributed by atoms with Gasteiger partial charge in [-0.2, -0.15) is 4.31 Å². The van der Waals surface area contributed by atoms with E-state index in [1.165, 1.54) is 0 Å². The second-order valence-electron chi connectivity index (χ2n) is 7.22. The first-order chi connectivity index (χ1) is 11.5. The van der Waals surface area contributed by atoms with E-state index in [2.05, 4.69) is 0 Å². The van der Waals surface area contributed by atoms with Crippen molar-refractivity contribution in [3.05, 3.63) is 27.8 Å². The first-order valence-corrected chi connectivity index (χ1v) is 10.2. The van der Waals surface area contributed by atoms with Gasteiger partial charge in [-0.1, -0.05) is 0 Å². The van der Waals surface area contributed by atoms with Crippen LogP contribution < -0.4 is 0 Å². The first-order valence-electron chi connectivity index (χ1n) is 8.80. The van der Waals surface area contributed by atoms with E-state index in [4.69, 9.17) is 0 Å². The lowest BCUT2D eigenvalue weighted by Gasteiger charge is -2.36. The molecule has 0 bridgehead atoms. The van der Waals surface area contributed by atoms with E-state index in [0.717, 1.165) is 27.8 Å². The molecule has 0 spiro atoms. The molecule has 25 heavy (non-hydrogen) atoms. The number of carbonyl (C=O) groups excluding carboxylic acids is 1. The fourth-order valence-corrected chi connectivity index (χ4v) is 5.74. The lowest BCUT2D eigenvalue weighted by molar-refractivity contribution is -0.130. The van der Waals surface area contributed by atoms with Gasteiger partial charge in [-0.05, 0) is 75.3 Å². The zero-order valence-corrected chi connectivity index (χ0v) is 17.2. The Bertz CT molecular complexity index is 762. The summed E-state index contributed by atoms with van der Waals surface area (Å²) in [5, 5.41) is 0. The molecule has 0 radical (unpaired) electrons. The SMILES string of the molecule is CC(=O)N(C)C1CCN(S(=O)(=O)c2c(C)c(C)c(C)c(C)c2C)CC1. The van der Waals surface area contributed by atoms with Crippen LogP contribution >= 0.6 is 0 Å². The van der Waals surface area contributed by atoms with E-state index in [1.807, 2.05) is 34.6 Å². The highest BCUT2D eigenvalue weighted by Crippen LogP contribution is 2.32. The van der Waals surface area contributed by atoms with Crippen molar-refractivity contribution >= 4 is 15.9 Å². The number of hydrogen-bond donors (Lipinski definition) is 0. The molecule has 0 aliphatic carbocycles. The number of sulfonamides is 1. The Kier molecular flexibility index (Phi) is 5.64. The van der Waals surface area contributed by atoms with Crippen LogP contribution in [-0.2, 0) is 14.8 Å². The highest BCUT2D eigenvalue weighted by molar-refractivity contribution is 7.89. The average Bonchev–Trinajstić information content (AvgIpc) is 2.57. The Balaban J connectivity index is 2.35. The van der Waals surface area contributed by atoms with Gasteiger partial charge in [0, 0.05) is 33.1 Å². The number of piperidine rings is 1. The van der Waals surface area contributed by atoms with E-state index in [-0.39, 0.29) is 11.9 Å². The summed E-state index contributed by atoms with van der Waals surface area (Å²) in [5.41, 5.74) is 4.96. The smallest absolute Gasteiger partial charge is 0.243 e. The summed E-state index contributed by atoms with van der Waals surface area (Å²) in [6.45, 7) is 12.3. The molecule has 0 N–H and O–H groups in total. The molecule has 1 fully saturated rings. The van der Waals surface area contributed by atoms with Crippen molar-refractivity contribution < 1.29 is 13.2 Å². The van der Waals surface area contributed by atoms with Gasteiger partial charge in [0.1, 0.15) is 0 Å². The summed E-state index contributed by atoms with van der Waals surface area (Å²) in [5.74, 6) is 0.0257. The Morgan fingerprint density at radius 1 is 0.920 bits per heavy atom. The van der Waals surface area contributed by atoms with Gasteiger partial charge in [-0.25, -0.2) is 8.42 Å². The average molecular weight is 367 g/mol. The predicted molar refractivity (Wildman–Crippen MR) is 100 cm³/mol. The van der Waals surface area contributed by atoms with Crippen molar-refractivity contribution in [3.63, 3.8) is 0 Å². The Morgan fingerprint density at radius 3 is 1.72 bits per heavy atom. The molecule has 1 heterocycles. The van der Waals surface area contributed by atoms with Gasteiger partial charge in [0.25, 0.3) is 0 Å². The molecule has 1 aliphatic rings. The van der Waals surface area contributed by atoms with Crippen LogP contribution in [-0.4, -0.2) is 49.7 Å². The Labute approximate surface area is 152 Å². The van der Waals surface area contributed by atoms with E-state index in [0.29, 0.717) is 30.8 Å². The fraction of sp³-hybridized carbons (Fsp3) is 0.632. The number of benzene rings is 1. The topological polar surface area (TPSA) is 57.7 Å². The number of carbonyl (C=O) groups is 1. The molecule has 0 saturated carbocycles. The maximum atomic E-state index is 13.3. The second-order valence-corrected chi connectivity index (χ2v) is 9.09. The molecular weight excluding hydrogens is 336 g/mol. The van der Waals surface area contributed by atoms with Gasteiger partial charge in [-0.15, -0.1) is 0 Å². The number of hydrogen-bond acceptors (Lipinski definition) is 3. The Hall–Kier alpha value is -1.40. The van der Waals surface area contributed by atoms with Gasteiger partial charge in [-0.3, -0.25) is 4.79 Å². The van der Waals surface area contributed by atoms with Crippen LogP contribution in [0.1, 0.15) is 47.6 Å². The second kappa shape index (κ2) is 7.08. The Morgan fingerprint density at radius 2 is 1.32 bits per heavy atom. The molecule has 1 aromatic rings. The maximum absolute atomic E-state index is 13.3. The third kappa shape index (κ3) is 3.47. The highest BCUT2D eigenvalue weighted by atomic mass is 32.2. The monoisotopic (exact) mass is 366 g/mol. The zero-order valence-electron chi connectivity index (χ0n) is 16.4. The molecule has 1 amide bonds. The van der Waals surface area contributed by atoms with Crippen LogP contribution in [0, 0.1) is 34.6 Å². The van der Waals surface area contributed by atoms with Crippen LogP contribution in [0.4, 0.5) is 0 Å². The molecule has 0 atom stereocenters. The van der Waals surface area contributed by atoms with Crippen LogP contribution in [0.25, 0.3) is 0 Å². The van der Waals surface area contributed by atoms with Crippen LogP contribution in [0.3, 0.4) is 0 Å². The normalized spacial score (nSPS) is 16.9. The van der Waals surface area contributed by atoms with Gasteiger partial charge in [0.2, 0.25) is 15.9 Å². The third-order valence-electron chi connectivity index (χ3n) is 6.00. The van der Waals surface area contributed by atoms with Gasteiger partial charge in [0.05, 0.1) is 4.90 Å². The van der Waals surface area contributed by atoms with E-state index in [9.17, 15) is 13.2 Å². The molecule has 0 unspecified atom stereocenters. The minimum atomic E-state index is -3.52.